The molecule has 0 radical (unpaired) electrons. The van der Waals surface area contributed by atoms with E-state index in [1.807, 2.05) is 19.1 Å². The van der Waals surface area contributed by atoms with Crippen molar-refractivity contribution in [3.05, 3.63) is 28.8 Å². The molecular formula is C14H17ClF3N. The van der Waals surface area contributed by atoms with E-state index in [1.165, 1.54) is 0 Å². The fourth-order valence-electron chi connectivity index (χ4n) is 2.54. The topological polar surface area (TPSA) is 12.0 Å². The van der Waals surface area contributed by atoms with Gasteiger partial charge in [-0.15, -0.1) is 0 Å². The van der Waals surface area contributed by atoms with Gasteiger partial charge in [-0.3, -0.25) is 0 Å². The van der Waals surface area contributed by atoms with E-state index >= 15 is 0 Å². The Hall–Kier alpha value is -0.900. The predicted octanol–water partition coefficient (Wildman–Crippen LogP) is 5.18. The summed E-state index contributed by atoms with van der Waals surface area (Å²) in [5.41, 5.74) is 1.76. The molecule has 0 aliphatic heterocycles. The molecule has 1 fully saturated rings. The van der Waals surface area contributed by atoms with Crippen molar-refractivity contribution in [3.8, 4) is 0 Å². The summed E-state index contributed by atoms with van der Waals surface area (Å²) in [6, 6.07) is 5.38. The summed E-state index contributed by atoms with van der Waals surface area (Å²) < 4.78 is 38.2. The maximum atomic E-state index is 12.7. The van der Waals surface area contributed by atoms with Crippen LogP contribution in [0.2, 0.25) is 5.02 Å². The van der Waals surface area contributed by atoms with Crippen LogP contribution < -0.4 is 5.32 Å². The van der Waals surface area contributed by atoms with Crippen LogP contribution in [-0.4, -0.2) is 12.2 Å². The number of benzene rings is 1. The minimum absolute atomic E-state index is 0.126. The summed E-state index contributed by atoms with van der Waals surface area (Å²) in [6.07, 6.45) is -2.30. The van der Waals surface area contributed by atoms with Crippen LogP contribution in [-0.2, 0) is 0 Å². The van der Waals surface area contributed by atoms with Gasteiger partial charge in [-0.25, -0.2) is 0 Å². The Kier molecular flexibility index (Phi) is 4.29. The quantitative estimate of drug-likeness (QED) is 0.791. The van der Waals surface area contributed by atoms with E-state index in [0.717, 1.165) is 17.7 Å². The summed E-state index contributed by atoms with van der Waals surface area (Å²) >= 11 is 6.01. The van der Waals surface area contributed by atoms with Crippen molar-refractivity contribution in [1.29, 1.82) is 0 Å². The molecule has 0 saturated heterocycles. The minimum Gasteiger partial charge on any atom is -0.382 e. The van der Waals surface area contributed by atoms with E-state index < -0.39 is 12.1 Å². The van der Waals surface area contributed by atoms with Crippen LogP contribution in [0.15, 0.2) is 18.2 Å². The Morgan fingerprint density at radius 2 is 2.00 bits per heavy atom. The number of anilines is 1. The van der Waals surface area contributed by atoms with Crippen LogP contribution in [0.3, 0.4) is 0 Å². The molecule has 1 aromatic carbocycles. The first-order valence-electron chi connectivity index (χ1n) is 6.45. The molecule has 1 nitrogen and oxygen atoms in total. The molecule has 1 aliphatic carbocycles. The fraction of sp³-hybridized carbons (Fsp3) is 0.571. The van der Waals surface area contributed by atoms with E-state index in [1.54, 1.807) is 6.07 Å². The third-order valence-electron chi connectivity index (χ3n) is 3.68. The van der Waals surface area contributed by atoms with E-state index in [4.69, 9.17) is 11.6 Å². The zero-order valence-corrected chi connectivity index (χ0v) is 11.5. The second-order valence-corrected chi connectivity index (χ2v) is 5.62. The average Bonchev–Trinajstić information content (AvgIpc) is 2.33. The molecule has 0 bridgehead atoms. The van der Waals surface area contributed by atoms with Crippen molar-refractivity contribution in [3.63, 3.8) is 0 Å². The summed E-state index contributed by atoms with van der Waals surface area (Å²) in [6.45, 7) is 1.90. The normalized spacial score (nSPS) is 24.3. The molecule has 5 heteroatoms. The maximum absolute atomic E-state index is 12.7. The largest absolute Gasteiger partial charge is 0.391 e. The summed E-state index contributed by atoms with van der Waals surface area (Å²) in [7, 11) is 0. The second kappa shape index (κ2) is 5.61. The minimum atomic E-state index is -4.08. The van der Waals surface area contributed by atoms with Gasteiger partial charge in [-0.2, -0.15) is 13.2 Å². The second-order valence-electron chi connectivity index (χ2n) is 5.21. The van der Waals surface area contributed by atoms with Gasteiger partial charge in [0.2, 0.25) is 0 Å². The molecule has 106 valence electrons. The Morgan fingerprint density at radius 3 is 2.63 bits per heavy atom. The highest BCUT2D eigenvalue weighted by molar-refractivity contribution is 6.31. The lowest BCUT2D eigenvalue weighted by Crippen LogP contribution is -2.34. The molecule has 0 amide bonds. The van der Waals surface area contributed by atoms with Gasteiger partial charge < -0.3 is 5.32 Å². The molecule has 2 unspecified atom stereocenters. The van der Waals surface area contributed by atoms with Gasteiger partial charge >= 0.3 is 6.18 Å². The molecule has 1 saturated carbocycles. The van der Waals surface area contributed by atoms with Gasteiger partial charge in [0.15, 0.2) is 0 Å². The maximum Gasteiger partial charge on any atom is 0.391 e. The lowest BCUT2D eigenvalue weighted by Gasteiger charge is -2.31. The first-order chi connectivity index (χ1) is 8.86. The van der Waals surface area contributed by atoms with Crippen LogP contribution in [0.1, 0.15) is 31.2 Å². The van der Waals surface area contributed by atoms with Crippen molar-refractivity contribution in [2.24, 2.45) is 5.92 Å². The van der Waals surface area contributed by atoms with Crippen molar-refractivity contribution >= 4 is 17.3 Å². The van der Waals surface area contributed by atoms with E-state index in [0.29, 0.717) is 11.4 Å². The van der Waals surface area contributed by atoms with E-state index in [9.17, 15) is 13.2 Å². The third kappa shape index (κ3) is 3.78. The monoisotopic (exact) mass is 291 g/mol. The van der Waals surface area contributed by atoms with Crippen molar-refractivity contribution in [2.75, 3.05) is 5.32 Å². The Morgan fingerprint density at radius 1 is 1.26 bits per heavy atom. The summed E-state index contributed by atoms with van der Waals surface area (Å²) in [5.74, 6) is -1.18. The fourth-order valence-corrected chi connectivity index (χ4v) is 2.72. The molecular weight excluding hydrogens is 275 g/mol. The highest BCUT2D eigenvalue weighted by atomic mass is 35.5. The van der Waals surface area contributed by atoms with Crippen molar-refractivity contribution < 1.29 is 13.2 Å². The molecule has 0 aromatic heterocycles. The SMILES string of the molecule is Cc1ccc(NC2CCCC(C(F)(F)F)C2)cc1Cl. The molecule has 19 heavy (non-hydrogen) atoms. The summed E-state index contributed by atoms with van der Waals surface area (Å²) in [4.78, 5) is 0. The number of hydrogen-bond acceptors (Lipinski definition) is 1. The molecule has 2 atom stereocenters. The average molecular weight is 292 g/mol. The molecule has 2 rings (SSSR count). The lowest BCUT2D eigenvalue weighted by atomic mass is 9.85. The van der Waals surface area contributed by atoms with Gasteiger partial charge in [0.1, 0.15) is 0 Å². The van der Waals surface area contributed by atoms with Crippen LogP contribution in [0.5, 0.6) is 0 Å². The molecule has 1 aromatic rings. The Bertz CT molecular complexity index is 445. The van der Waals surface area contributed by atoms with Gasteiger partial charge in [-0.1, -0.05) is 24.1 Å². The van der Waals surface area contributed by atoms with E-state index in [-0.39, 0.29) is 18.9 Å². The Balaban J connectivity index is 2.00. The highest BCUT2D eigenvalue weighted by Crippen LogP contribution is 2.38. The zero-order chi connectivity index (χ0) is 14.0. The highest BCUT2D eigenvalue weighted by Gasteiger charge is 2.42. The number of nitrogens with one attached hydrogen (secondary N) is 1. The number of rotatable bonds is 2. The lowest BCUT2D eigenvalue weighted by molar-refractivity contribution is -0.182. The van der Waals surface area contributed by atoms with Crippen LogP contribution >= 0.6 is 11.6 Å². The van der Waals surface area contributed by atoms with Crippen LogP contribution in [0.25, 0.3) is 0 Å². The summed E-state index contributed by atoms with van der Waals surface area (Å²) in [5, 5.41) is 3.80. The molecule has 0 heterocycles. The van der Waals surface area contributed by atoms with Crippen molar-refractivity contribution in [1.82, 2.24) is 0 Å². The van der Waals surface area contributed by atoms with Gasteiger partial charge in [0, 0.05) is 16.8 Å². The van der Waals surface area contributed by atoms with Crippen LogP contribution in [0.4, 0.5) is 18.9 Å². The number of alkyl halides is 3. The Labute approximate surface area is 116 Å². The number of hydrogen-bond donors (Lipinski definition) is 1. The smallest absolute Gasteiger partial charge is 0.382 e. The third-order valence-corrected chi connectivity index (χ3v) is 4.09. The number of halogens is 4. The van der Waals surface area contributed by atoms with E-state index in [2.05, 4.69) is 5.32 Å². The molecule has 0 spiro atoms. The molecule has 1 aliphatic rings. The van der Waals surface area contributed by atoms with Crippen molar-refractivity contribution in [2.45, 2.75) is 44.8 Å². The first-order valence-corrected chi connectivity index (χ1v) is 6.83. The van der Waals surface area contributed by atoms with Gasteiger partial charge in [0.05, 0.1) is 5.92 Å². The molecule has 1 N–H and O–H groups in total. The van der Waals surface area contributed by atoms with Gasteiger partial charge in [0.25, 0.3) is 0 Å². The zero-order valence-electron chi connectivity index (χ0n) is 10.7. The first kappa shape index (κ1) is 14.5. The van der Waals surface area contributed by atoms with Gasteiger partial charge in [-0.05, 0) is 43.9 Å². The standard InChI is InChI=1S/C14H17ClF3N/c1-9-5-6-12(8-13(9)15)19-11-4-2-3-10(7-11)14(16,17)18/h5-6,8,10-11,19H,2-4,7H2,1H3. The predicted molar refractivity (Wildman–Crippen MR) is 71.6 cm³/mol. The number of aryl methyl sites for hydroxylation is 1. The van der Waals surface area contributed by atoms with Crippen LogP contribution in [0, 0.1) is 12.8 Å².